The van der Waals surface area contributed by atoms with Crippen LogP contribution in [0.25, 0.3) is 11.6 Å². The maximum Gasteiger partial charge on any atom is 0.276 e. The van der Waals surface area contributed by atoms with Gasteiger partial charge in [-0.15, -0.1) is 24.0 Å². The molecule has 1 aromatic carbocycles. The van der Waals surface area contributed by atoms with E-state index in [4.69, 9.17) is 4.52 Å². The fraction of sp³-hybridized carbons (Fsp3) is 0.375. The summed E-state index contributed by atoms with van der Waals surface area (Å²) in [7, 11) is 1.73. The summed E-state index contributed by atoms with van der Waals surface area (Å²) in [6, 6.07) is 15.8. The molecule has 1 fully saturated rings. The van der Waals surface area contributed by atoms with Gasteiger partial charge in [0.05, 0.1) is 0 Å². The SMILES string of the molecule is CN=C(NCCc1noc(-c2ccccn2)n1)NCC1CC(=O)N(CCc2ccccc2)C1.I. The van der Waals surface area contributed by atoms with Crippen molar-refractivity contribution in [2.45, 2.75) is 19.3 Å². The molecule has 4 rings (SSSR count). The number of carbonyl (C=O) groups is 1. The van der Waals surface area contributed by atoms with E-state index >= 15 is 0 Å². The van der Waals surface area contributed by atoms with E-state index in [1.165, 1.54) is 5.56 Å². The Hall–Kier alpha value is -3.02. The zero-order valence-corrected chi connectivity index (χ0v) is 21.5. The van der Waals surface area contributed by atoms with Gasteiger partial charge in [-0.25, -0.2) is 0 Å². The summed E-state index contributed by atoms with van der Waals surface area (Å²) in [5.41, 5.74) is 1.91. The van der Waals surface area contributed by atoms with Gasteiger partial charge in [-0.3, -0.25) is 14.8 Å². The summed E-state index contributed by atoms with van der Waals surface area (Å²) in [5.74, 6) is 2.20. The van der Waals surface area contributed by atoms with Crippen molar-refractivity contribution in [1.82, 2.24) is 30.7 Å². The number of nitrogens with one attached hydrogen (secondary N) is 2. The van der Waals surface area contributed by atoms with Crippen molar-refractivity contribution in [2.75, 3.05) is 33.2 Å². The molecule has 2 aromatic heterocycles. The Labute approximate surface area is 216 Å². The standard InChI is InChI=1S/C24H29N7O2.HI/c1-25-24(27-13-10-21-29-23(33-30-21)20-9-5-6-12-26-20)28-16-19-15-22(32)31(17-19)14-11-18-7-3-2-4-8-18;/h2-9,12,19H,10-11,13-17H2,1H3,(H2,25,27,28);1H. The topological polar surface area (TPSA) is 109 Å². The van der Waals surface area contributed by atoms with E-state index < -0.39 is 0 Å². The zero-order chi connectivity index (χ0) is 22.9. The molecule has 3 aromatic rings. The maximum absolute atomic E-state index is 12.4. The average Bonchev–Trinajstić information content (AvgIpc) is 3.47. The summed E-state index contributed by atoms with van der Waals surface area (Å²) in [6.45, 7) is 2.83. The summed E-state index contributed by atoms with van der Waals surface area (Å²) >= 11 is 0. The number of pyridine rings is 1. The van der Waals surface area contributed by atoms with Crippen LogP contribution in [-0.4, -0.2) is 65.1 Å². The molecular formula is C24H30IN7O2. The van der Waals surface area contributed by atoms with Crippen molar-refractivity contribution >= 4 is 35.8 Å². The third-order valence-corrected chi connectivity index (χ3v) is 5.58. The zero-order valence-electron chi connectivity index (χ0n) is 19.2. The number of halogens is 1. The van der Waals surface area contributed by atoms with Crippen molar-refractivity contribution in [1.29, 1.82) is 0 Å². The molecule has 1 aliphatic rings. The van der Waals surface area contributed by atoms with Crippen LogP contribution < -0.4 is 10.6 Å². The molecule has 9 nitrogen and oxygen atoms in total. The van der Waals surface area contributed by atoms with Gasteiger partial charge < -0.3 is 20.1 Å². The van der Waals surface area contributed by atoms with Gasteiger partial charge in [0.25, 0.3) is 5.89 Å². The first-order chi connectivity index (χ1) is 16.2. The predicted molar refractivity (Wildman–Crippen MR) is 141 cm³/mol. The smallest absolute Gasteiger partial charge is 0.276 e. The van der Waals surface area contributed by atoms with E-state index in [9.17, 15) is 4.79 Å². The highest BCUT2D eigenvalue weighted by Crippen LogP contribution is 2.17. The van der Waals surface area contributed by atoms with Gasteiger partial charge in [-0.1, -0.05) is 41.6 Å². The predicted octanol–water partition coefficient (Wildman–Crippen LogP) is 2.55. The minimum Gasteiger partial charge on any atom is -0.356 e. The van der Waals surface area contributed by atoms with Crippen LogP contribution in [0.4, 0.5) is 0 Å². The Morgan fingerprint density at radius 1 is 1.15 bits per heavy atom. The molecule has 0 spiro atoms. The van der Waals surface area contributed by atoms with Gasteiger partial charge in [0.1, 0.15) is 5.69 Å². The molecular weight excluding hydrogens is 545 g/mol. The molecule has 0 bridgehead atoms. The number of nitrogens with zero attached hydrogens (tertiary/aromatic N) is 5. The van der Waals surface area contributed by atoms with Crippen LogP contribution in [0.5, 0.6) is 0 Å². The Kier molecular flexibility index (Phi) is 9.80. The van der Waals surface area contributed by atoms with Crippen LogP contribution in [0.1, 0.15) is 17.8 Å². The highest BCUT2D eigenvalue weighted by molar-refractivity contribution is 14.0. The molecule has 10 heteroatoms. The molecule has 1 unspecified atom stereocenters. The Bertz CT molecular complexity index is 1060. The molecule has 34 heavy (non-hydrogen) atoms. The normalized spacial score (nSPS) is 15.8. The first kappa shape index (κ1) is 25.6. The molecule has 3 heterocycles. The van der Waals surface area contributed by atoms with Crippen LogP contribution in [0, 0.1) is 5.92 Å². The van der Waals surface area contributed by atoms with Crippen LogP contribution in [-0.2, 0) is 17.6 Å². The molecule has 180 valence electrons. The number of benzene rings is 1. The number of guanidine groups is 1. The van der Waals surface area contributed by atoms with Crippen molar-refractivity contribution in [3.63, 3.8) is 0 Å². The molecule has 0 radical (unpaired) electrons. The Balaban J connectivity index is 0.00000324. The highest BCUT2D eigenvalue weighted by atomic mass is 127. The lowest BCUT2D eigenvalue weighted by Crippen LogP contribution is -2.41. The second-order valence-electron chi connectivity index (χ2n) is 8.01. The van der Waals surface area contributed by atoms with Gasteiger partial charge in [0, 0.05) is 58.2 Å². The van der Waals surface area contributed by atoms with E-state index in [0.717, 1.165) is 19.5 Å². The minimum atomic E-state index is 0. The van der Waals surface area contributed by atoms with Crippen molar-refractivity contribution < 1.29 is 9.32 Å². The highest BCUT2D eigenvalue weighted by Gasteiger charge is 2.29. The molecule has 1 saturated heterocycles. The quantitative estimate of drug-likeness (QED) is 0.230. The van der Waals surface area contributed by atoms with Crippen LogP contribution in [0.2, 0.25) is 0 Å². The van der Waals surface area contributed by atoms with Crippen molar-refractivity contribution in [3.05, 3.63) is 66.1 Å². The monoisotopic (exact) mass is 575 g/mol. The third-order valence-electron chi connectivity index (χ3n) is 5.58. The van der Waals surface area contributed by atoms with Gasteiger partial charge in [-0.05, 0) is 24.1 Å². The van der Waals surface area contributed by atoms with E-state index in [1.54, 1.807) is 13.2 Å². The van der Waals surface area contributed by atoms with Gasteiger partial charge in [0.15, 0.2) is 11.8 Å². The molecule has 0 aliphatic carbocycles. The van der Waals surface area contributed by atoms with E-state index in [2.05, 4.69) is 42.9 Å². The van der Waals surface area contributed by atoms with Crippen LogP contribution in [0.15, 0.2) is 64.2 Å². The van der Waals surface area contributed by atoms with E-state index in [1.807, 2.05) is 41.3 Å². The summed E-state index contributed by atoms with van der Waals surface area (Å²) < 4.78 is 5.28. The van der Waals surface area contributed by atoms with E-state index in [0.29, 0.717) is 49.3 Å². The number of likely N-dealkylation sites (tertiary alicyclic amines) is 1. The van der Waals surface area contributed by atoms with Crippen molar-refractivity contribution in [2.24, 2.45) is 10.9 Å². The van der Waals surface area contributed by atoms with Gasteiger partial charge in [0.2, 0.25) is 5.91 Å². The van der Waals surface area contributed by atoms with Gasteiger partial charge in [-0.2, -0.15) is 4.98 Å². The third kappa shape index (κ3) is 7.24. The van der Waals surface area contributed by atoms with E-state index in [-0.39, 0.29) is 35.8 Å². The number of hydrogen-bond acceptors (Lipinski definition) is 6. The maximum atomic E-state index is 12.4. The number of aliphatic imine (C=N–C) groups is 1. The summed E-state index contributed by atoms with van der Waals surface area (Å²) in [6.07, 6.45) is 3.73. The Morgan fingerprint density at radius 3 is 2.74 bits per heavy atom. The van der Waals surface area contributed by atoms with Crippen LogP contribution >= 0.6 is 24.0 Å². The number of hydrogen-bond donors (Lipinski definition) is 2. The lowest BCUT2D eigenvalue weighted by Gasteiger charge is -2.17. The second kappa shape index (κ2) is 13.0. The van der Waals surface area contributed by atoms with Gasteiger partial charge >= 0.3 is 0 Å². The number of rotatable bonds is 9. The molecule has 2 N–H and O–H groups in total. The van der Waals surface area contributed by atoms with Crippen molar-refractivity contribution in [3.8, 4) is 11.6 Å². The Morgan fingerprint density at radius 2 is 1.97 bits per heavy atom. The van der Waals surface area contributed by atoms with Crippen LogP contribution in [0.3, 0.4) is 0 Å². The molecule has 1 amide bonds. The summed E-state index contributed by atoms with van der Waals surface area (Å²) in [5, 5.41) is 10.6. The molecule has 1 aliphatic heterocycles. The fourth-order valence-corrected chi connectivity index (χ4v) is 3.82. The lowest BCUT2D eigenvalue weighted by molar-refractivity contribution is -0.127. The number of carbonyl (C=O) groups excluding carboxylic acids is 1. The second-order valence-corrected chi connectivity index (χ2v) is 8.01. The first-order valence-corrected chi connectivity index (χ1v) is 11.2. The molecule has 1 atom stereocenters. The average molecular weight is 575 g/mol. The first-order valence-electron chi connectivity index (χ1n) is 11.2. The number of amides is 1. The molecule has 0 saturated carbocycles. The summed E-state index contributed by atoms with van der Waals surface area (Å²) in [4.78, 5) is 27.2. The minimum absolute atomic E-state index is 0. The lowest BCUT2D eigenvalue weighted by atomic mass is 10.1. The largest absolute Gasteiger partial charge is 0.356 e. The number of aromatic nitrogens is 3. The fourth-order valence-electron chi connectivity index (χ4n) is 3.82.